The number of hydrogen-bond donors (Lipinski definition) is 1. The van der Waals surface area contributed by atoms with Gasteiger partial charge >= 0.3 is 12.1 Å². The molecule has 0 aromatic heterocycles. The van der Waals surface area contributed by atoms with E-state index in [1.807, 2.05) is 0 Å². The van der Waals surface area contributed by atoms with Crippen molar-refractivity contribution in [1.29, 1.82) is 0 Å². The van der Waals surface area contributed by atoms with Gasteiger partial charge in [0.1, 0.15) is 0 Å². The van der Waals surface area contributed by atoms with Crippen molar-refractivity contribution in [2.45, 2.75) is 20.0 Å². The second-order valence-corrected chi connectivity index (χ2v) is 3.47. The fourth-order valence-corrected chi connectivity index (χ4v) is 1.42. The maximum atomic E-state index is 12.6. The minimum absolute atomic E-state index is 0.0195. The third kappa shape index (κ3) is 2.89. The topological polar surface area (TPSA) is 52.3 Å². The van der Waals surface area contributed by atoms with E-state index in [9.17, 15) is 18.0 Å². The van der Waals surface area contributed by atoms with Crippen LogP contribution in [0.2, 0.25) is 0 Å². The highest BCUT2D eigenvalue weighted by Crippen LogP contribution is 2.34. The van der Waals surface area contributed by atoms with Gasteiger partial charge in [0, 0.05) is 5.69 Å². The largest absolute Gasteiger partial charge is 0.462 e. The number of nitrogen functional groups attached to an aromatic ring is 1. The third-order valence-corrected chi connectivity index (χ3v) is 2.20. The number of aryl methyl sites for hydroxylation is 1. The summed E-state index contributed by atoms with van der Waals surface area (Å²) in [5, 5.41) is 0. The average molecular weight is 247 g/mol. The zero-order valence-electron chi connectivity index (χ0n) is 9.39. The normalized spacial score (nSPS) is 11.4. The van der Waals surface area contributed by atoms with Crippen molar-refractivity contribution in [3.63, 3.8) is 0 Å². The van der Waals surface area contributed by atoms with Crippen LogP contribution in [0.5, 0.6) is 0 Å². The van der Waals surface area contributed by atoms with E-state index in [1.165, 1.54) is 6.92 Å². The third-order valence-electron chi connectivity index (χ3n) is 2.20. The lowest BCUT2D eigenvalue weighted by atomic mass is 10.0. The molecular weight excluding hydrogens is 235 g/mol. The van der Waals surface area contributed by atoms with Gasteiger partial charge < -0.3 is 10.5 Å². The molecule has 0 unspecified atom stereocenters. The van der Waals surface area contributed by atoms with Gasteiger partial charge in [-0.25, -0.2) is 4.79 Å². The van der Waals surface area contributed by atoms with Gasteiger partial charge in [-0.2, -0.15) is 13.2 Å². The Hall–Kier alpha value is -1.72. The Morgan fingerprint density at radius 2 is 2.00 bits per heavy atom. The van der Waals surface area contributed by atoms with Gasteiger partial charge in [-0.15, -0.1) is 0 Å². The van der Waals surface area contributed by atoms with Crippen molar-refractivity contribution >= 4 is 11.7 Å². The molecule has 94 valence electrons. The molecule has 0 fully saturated rings. The molecule has 0 atom stereocenters. The monoisotopic (exact) mass is 247 g/mol. The zero-order chi connectivity index (χ0) is 13.2. The standard InChI is InChI=1S/C11H12F3NO2/c1-3-17-10(16)7-5-8(11(12,13)14)6(2)4-9(7)15/h4-5H,3,15H2,1-2H3. The molecule has 2 N–H and O–H groups in total. The van der Waals surface area contributed by atoms with Crippen molar-refractivity contribution in [2.24, 2.45) is 0 Å². The lowest BCUT2D eigenvalue weighted by molar-refractivity contribution is -0.138. The molecule has 0 radical (unpaired) electrons. The summed E-state index contributed by atoms with van der Waals surface area (Å²) < 4.78 is 42.5. The number of nitrogens with two attached hydrogens (primary N) is 1. The lowest BCUT2D eigenvalue weighted by Gasteiger charge is -2.13. The molecule has 3 nitrogen and oxygen atoms in total. The Kier molecular flexibility index (Phi) is 3.65. The predicted molar refractivity (Wildman–Crippen MR) is 56.5 cm³/mol. The SMILES string of the molecule is CCOC(=O)c1cc(C(F)(F)F)c(C)cc1N. The van der Waals surface area contributed by atoms with Crippen LogP contribution in [0.3, 0.4) is 0 Å². The van der Waals surface area contributed by atoms with E-state index in [1.54, 1.807) is 6.92 Å². The van der Waals surface area contributed by atoms with Crippen LogP contribution < -0.4 is 5.73 Å². The Morgan fingerprint density at radius 3 is 2.47 bits per heavy atom. The highest BCUT2D eigenvalue weighted by molar-refractivity contribution is 5.95. The maximum Gasteiger partial charge on any atom is 0.416 e. The molecule has 17 heavy (non-hydrogen) atoms. The molecule has 0 aliphatic rings. The fraction of sp³-hybridized carbons (Fsp3) is 0.364. The van der Waals surface area contributed by atoms with Crippen molar-refractivity contribution in [2.75, 3.05) is 12.3 Å². The second kappa shape index (κ2) is 4.65. The van der Waals surface area contributed by atoms with Crippen molar-refractivity contribution in [3.8, 4) is 0 Å². The Balaban J connectivity index is 3.29. The predicted octanol–water partition coefficient (Wildman–Crippen LogP) is 2.77. The number of benzene rings is 1. The highest BCUT2D eigenvalue weighted by atomic mass is 19.4. The van der Waals surface area contributed by atoms with Crippen LogP contribution in [-0.2, 0) is 10.9 Å². The Bertz CT molecular complexity index is 441. The van der Waals surface area contributed by atoms with Crippen molar-refractivity contribution in [1.82, 2.24) is 0 Å². The number of esters is 1. The van der Waals surface area contributed by atoms with E-state index in [0.717, 1.165) is 12.1 Å². The molecule has 1 aromatic rings. The van der Waals surface area contributed by atoms with Crippen LogP contribution in [0.4, 0.5) is 18.9 Å². The molecule has 0 aliphatic heterocycles. The van der Waals surface area contributed by atoms with Gasteiger partial charge in [0.05, 0.1) is 17.7 Å². The first-order chi connectivity index (χ1) is 7.77. The zero-order valence-corrected chi connectivity index (χ0v) is 9.39. The van der Waals surface area contributed by atoms with Gasteiger partial charge in [0.15, 0.2) is 0 Å². The number of alkyl halides is 3. The number of ether oxygens (including phenoxy) is 1. The number of carbonyl (C=O) groups is 1. The molecule has 0 bridgehead atoms. The van der Waals surface area contributed by atoms with E-state index in [-0.39, 0.29) is 23.4 Å². The maximum absolute atomic E-state index is 12.6. The lowest BCUT2D eigenvalue weighted by Crippen LogP contribution is -2.13. The van der Waals surface area contributed by atoms with E-state index in [0.29, 0.717) is 0 Å². The van der Waals surface area contributed by atoms with Gasteiger partial charge in [-0.1, -0.05) is 0 Å². The van der Waals surface area contributed by atoms with Crippen LogP contribution in [0.1, 0.15) is 28.4 Å². The first kappa shape index (κ1) is 13.3. The van der Waals surface area contributed by atoms with E-state index in [2.05, 4.69) is 4.74 Å². The highest BCUT2D eigenvalue weighted by Gasteiger charge is 2.33. The molecular formula is C11H12F3NO2. The number of halogens is 3. The van der Waals surface area contributed by atoms with Crippen LogP contribution >= 0.6 is 0 Å². The molecule has 1 rings (SSSR count). The number of hydrogen-bond acceptors (Lipinski definition) is 3. The summed E-state index contributed by atoms with van der Waals surface area (Å²) in [4.78, 5) is 11.4. The summed E-state index contributed by atoms with van der Waals surface area (Å²) in [6.45, 7) is 2.93. The number of carbonyl (C=O) groups excluding carboxylic acids is 1. The second-order valence-electron chi connectivity index (χ2n) is 3.47. The molecule has 6 heteroatoms. The van der Waals surface area contributed by atoms with Gasteiger partial charge in [0.25, 0.3) is 0 Å². The summed E-state index contributed by atoms with van der Waals surface area (Å²) in [7, 11) is 0. The molecule has 1 aromatic carbocycles. The van der Waals surface area contributed by atoms with Crippen LogP contribution in [-0.4, -0.2) is 12.6 Å². The van der Waals surface area contributed by atoms with E-state index >= 15 is 0 Å². The summed E-state index contributed by atoms with van der Waals surface area (Å²) in [5.41, 5.74) is 4.31. The molecule has 0 saturated carbocycles. The van der Waals surface area contributed by atoms with Crippen molar-refractivity contribution in [3.05, 3.63) is 28.8 Å². The smallest absolute Gasteiger partial charge is 0.416 e. The molecule has 0 spiro atoms. The van der Waals surface area contributed by atoms with Crippen LogP contribution in [0, 0.1) is 6.92 Å². The molecule has 0 heterocycles. The summed E-state index contributed by atoms with van der Waals surface area (Å²) in [6, 6.07) is 1.84. The number of rotatable bonds is 2. The Morgan fingerprint density at radius 1 is 1.41 bits per heavy atom. The van der Waals surface area contributed by atoms with Gasteiger partial charge in [-0.05, 0) is 31.5 Å². The van der Waals surface area contributed by atoms with Crippen molar-refractivity contribution < 1.29 is 22.7 Å². The Labute approximate surface area is 96.4 Å². The minimum atomic E-state index is -4.51. The minimum Gasteiger partial charge on any atom is -0.462 e. The van der Waals surface area contributed by atoms with E-state index < -0.39 is 17.7 Å². The molecule has 0 amide bonds. The summed E-state index contributed by atoms with van der Waals surface area (Å²) in [6.07, 6.45) is -4.51. The van der Waals surface area contributed by atoms with Gasteiger partial charge in [-0.3, -0.25) is 0 Å². The first-order valence-electron chi connectivity index (χ1n) is 4.91. The van der Waals surface area contributed by atoms with Gasteiger partial charge in [0.2, 0.25) is 0 Å². The van der Waals surface area contributed by atoms with E-state index in [4.69, 9.17) is 5.73 Å². The first-order valence-corrected chi connectivity index (χ1v) is 4.91. The fourth-order valence-electron chi connectivity index (χ4n) is 1.42. The molecule has 0 aliphatic carbocycles. The summed E-state index contributed by atoms with van der Waals surface area (Å²) in [5.74, 6) is -0.851. The molecule has 0 saturated heterocycles. The summed E-state index contributed by atoms with van der Waals surface area (Å²) >= 11 is 0. The van der Waals surface area contributed by atoms with Crippen LogP contribution in [0.25, 0.3) is 0 Å². The number of anilines is 1. The average Bonchev–Trinajstić information content (AvgIpc) is 2.15. The quantitative estimate of drug-likeness (QED) is 0.645. The van der Waals surface area contributed by atoms with Crippen LogP contribution in [0.15, 0.2) is 12.1 Å².